The maximum atomic E-state index is 12.6. The van der Waals surface area contributed by atoms with Crippen molar-refractivity contribution < 1.29 is 9.59 Å². The molecule has 3 rings (SSSR count). The molecule has 1 heterocycles. The number of hydrogen-bond acceptors (Lipinski definition) is 3. The minimum atomic E-state index is -0.00391. The number of fused-ring (bicyclic) bond motifs is 1. The molecule has 0 unspecified atom stereocenters. The molecule has 0 spiro atoms. The summed E-state index contributed by atoms with van der Waals surface area (Å²) in [6, 6.07) is 7.12. The summed E-state index contributed by atoms with van der Waals surface area (Å²) in [4.78, 5) is 27.1. The van der Waals surface area contributed by atoms with Crippen LogP contribution < -0.4 is 0 Å². The predicted octanol–water partition coefficient (Wildman–Crippen LogP) is 2.83. The lowest BCUT2D eigenvalue weighted by Crippen LogP contribution is -2.36. The van der Waals surface area contributed by atoms with Crippen LogP contribution in [0.5, 0.6) is 0 Å². The van der Waals surface area contributed by atoms with Crippen LogP contribution in [0.15, 0.2) is 35.5 Å². The van der Waals surface area contributed by atoms with Gasteiger partial charge in [-0.05, 0) is 26.2 Å². The molecule has 98 valence electrons. The fraction of sp³-hybridized carbons (Fsp3) is 0.375. The third-order valence-corrected chi connectivity index (χ3v) is 4.00. The van der Waals surface area contributed by atoms with E-state index < -0.39 is 0 Å². The average molecular weight is 255 g/mol. The number of carbonyl (C=O) groups is 2. The first-order valence-corrected chi connectivity index (χ1v) is 6.84. The van der Waals surface area contributed by atoms with Crippen LogP contribution in [-0.2, 0) is 0 Å². The molecule has 0 N–H and O–H groups in total. The summed E-state index contributed by atoms with van der Waals surface area (Å²) in [5, 5.41) is 0. The predicted molar refractivity (Wildman–Crippen MR) is 73.2 cm³/mol. The lowest BCUT2D eigenvalue weighted by atomic mass is 9.87. The van der Waals surface area contributed by atoms with Gasteiger partial charge in [0.05, 0.1) is 5.70 Å². The Morgan fingerprint density at radius 3 is 2.11 bits per heavy atom. The largest absolute Gasteiger partial charge is 0.368 e. The standard InChI is InChI=1S/C16H17NO2/c1-11-14(17-9-5-2-6-10-17)16(19)13-8-4-3-7-12(13)15(11)18/h3-4,7-8H,2,5-6,9-10H2,1H3. The quantitative estimate of drug-likeness (QED) is 0.774. The molecule has 0 radical (unpaired) electrons. The molecule has 19 heavy (non-hydrogen) atoms. The smallest absolute Gasteiger partial charge is 0.210 e. The van der Waals surface area contributed by atoms with Gasteiger partial charge in [0.15, 0.2) is 5.78 Å². The van der Waals surface area contributed by atoms with E-state index in [1.54, 1.807) is 19.1 Å². The normalized spacial score (nSPS) is 19.7. The van der Waals surface area contributed by atoms with Crippen LogP contribution >= 0.6 is 0 Å². The molecule has 1 aromatic rings. The van der Waals surface area contributed by atoms with Gasteiger partial charge in [0.1, 0.15) is 0 Å². The summed E-state index contributed by atoms with van der Waals surface area (Å²) >= 11 is 0. The Balaban J connectivity index is 2.07. The van der Waals surface area contributed by atoms with Crippen LogP contribution in [0.25, 0.3) is 0 Å². The van der Waals surface area contributed by atoms with Gasteiger partial charge < -0.3 is 4.90 Å². The van der Waals surface area contributed by atoms with Gasteiger partial charge in [0.2, 0.25) is 5.78 Å². The van der Waals surface area contributed by atoms with Gasteiger partial charge in [-0.15, -0.1) is 0 Å². The van der Waals surface area contributed by atoms with E-state index in [0.717, 1.165) is 25.9 Å². The summed E-state index contributed by atoms with van der Waals surface area (Å²) in [5.74, 6) is 0.00498. The van der Waals surface area contributed by atoms with E-state index in [-0.39, 0.29) is 11.6 Å². The monoisotopic (exact) mass is 255 g/mol. The molecule has 2 aliphatic rings. The molecule has 1 saturated heterocycles. The van der Waals surface area contributed by atoms with Gasteiger partial charge in [-0.3, -0.25) is 9.59 Å². The molecular formula is C16H17NO2. The number of nitrogens with zero attached hydrogens (tertiary/aromatic N) is 1. The lowest BCUT2D eigenvalue weighted by Gasteiger charge is -2.33. The molecule has 3 nitrogen and oxygen atoms in total. The Bertz CT molecular complexity index is 580. The Morgan fingerprint density at radius 1 is 0.895 bits per heavy atom. The summed E-state index contributed by atoms with van der Waals surface area (Å²) < 4.78 is 0. The van der Waals surface area contributed by atoms with Crippen LogP contribution in [-0.4, -0.2) is 29.6 Å². The van der Waals surface area contributed by atoms with E-state index in [2.05, 4.69) is 4.90 Å². The summed E-state index contributed by atoms with van der Waals surface area (Å²) in [6.45, 7) is 3.54. The number of benzene rings is 1. The highest BCUT2D eigenvalue weighted by molar-refractivity contribution is 6.26. The number of likely N-dealkylation sites (tertiary alicyclic amines) is 1. The van der Waals surface area contributed by atoms with Crippen LogP contribution in [0.1, 0.15) is 46.9 Å². The number of Topliss-reactive ketones (excluding diaryl/α,β-unsaturated/α-hetero) is 2. The minimum Gasteiger partial charge on any atom is -0.368 e. The molecular weight excluding hydrogens is 238 g/mol. The highest BCUT2D eigenvalue weighted by Gasteiger charge is 2.32. The zero-order valence-corrected chi connectivity index (χ0v) is 11.1. The molecule has 1 aromatic carbocycles. The molecule has 0 bridgehead atoms. The molecule has 1 aliphatic heterocycles. The Labute approximate surface area is 112 Å². The van der Waals surface area contributed by atoms with Gasteiger partial charge in [-0.1, -0.05) is 24.3 Å². The van der Waals surface area contributed by atoms with E-state index in [9.17, 15) is 9.59 Å². The Morgan fingerprint density at radius 2 is 1.47 bits per heavy atom. The number of piperidine rings is 1. The SMILES string of the molecule is CC1=C(N2CCCCC2)C(=O)c2ccccc2C1=O. The van der Waals surface area contributed by atoms with Crippen molar-refractivity contribution in [3.05, 3.63) is 46.7 Å². The van der Waals surface area contributed by atoms with E-state index in [0.29, 0.717) is 22.4 Å². The van der Waals surface area contributed by atoms with Gasteiger partial charge in [-0.25, -0.2) is 0 Å². The highest BCUT2D eigenvalue weighted by Crippen LogP contribution is 2.29. The molecule has 1 aliphatic carbocycles. The van der Waals surface area contributed by atoms with Crippen LogP contribution in [0.2, 0.25) is 0 Å². The molecule has 0 aromatic heterocycles. The number of rotatable bonds is 1. The van der Waals surface area contributed by atoms with Gasteiger partial charge >= 0.3 is 0 Å². The van der Waals surface area contributed by atoms with Crippen molar-refractivity contribution in [3.8, 4) is 0 Å². The minimum absolute atomic E-state index is 0.00391. The van der Waals surface area contributed by atoms with Gasteiger partial charge in [0, 0.05) is 29.8 Å². The first-order valence-electron chi connectivity index (χ1n) is 6.84. The number of hydrogen-bond donors (Lipinski definition) is 0. The van der Waals surface area contributed by atoms with E-state index in [1.807, 2.05) is 12.1 Å². The molecule has 1 fully saturated rings. The van der Waals surface area contributed by atoms with E-state index in [1.165, 1.54) is 6.42 Å². The zero-order chi connectivity index (χ0) is 13.4. The second-order valence-electron chi connectivity index (χ2n) is 5.23. The fourth-order valence-electron chi connectivity index (χ4n) is 2.98. The summed E-state index contributed by atoms with van der Waals surface area (Å²) in [5.41, 5.74) is 2.33. The maximum absolute atomic E-state index is 12.6. The lowest BCUT2D eigenvalue weighted by molar-refractivity contribution is 0.0934. The Hall–Kier alpha value is -1.90. The summed E-state index contributed by atoms with van der Waals surface area (Å²) in [6.07, 6.45) is 3.40. The van der Waals surface area contributed by atoms with Crippen LogP contribution in [0, 0.1) is 0 Å². The number of ketones is 2. The average Bonchev–Trinajstić information content (AvgIpc) is 2.46. The van der Waals surface area contributed by atoms with E-state index >= 15 is 0 Å². The Kier molecular flexibility index (Phi) is 2.97. The second-order valence-corrected chi connectivity index (χ2v) is 5.23. The van der Waals surface area contributed by atoms with E-state index in [4.69, 9.17) is 0 Å². The third-order valence-electron chi connectivity index (χ3n) is 4.00. The maximum Gasteiger partial charge on any atom is 0.210 e. The van der Waals surface area contributed by atoms with Crippen LogP contribution in [0.4, 0.5) is 0 Å². The van der Waals surface area contributed by atoms with Gasteiger partial charge in [0.25, 0.3) is 0 Å². The summed E-state index contributed by atoms with van der Waals surface area (Å²) in [7, 11) is 0. The topological polar surface area (TPSA) is 37.4 Å². The first kappa shape index (κ1) is 12.2. The van der Waals surface area contributed by atoms with Gasteiger partial charge in [-0.2, -0.15) is 0 Å². The van der Waals surface area contributed by atoms with Crippen molar-refractivity contribution in [2.45, 2.75) is 26.2 Å². The third kappa shape index (κ3) is 1.89. The van der Waals surface area contributed by atoms with Crippen molar-refractivity contribution in [1.82, 2.24) is 4.90 Å². The van der Waals surface area contributed by atoms with Crippen molar-refractivity contribution in [2.24, 2.45) is 0 Å². The van der Waals surface area contributed by atoms with Crippen LogP contribution in [0.3, 0.4) is 0 Å². The number of carbonyl (C=O) groups excluding carboxylic acids is 2. The molecule has 0 saturated carbocycles. The molecule has 0 amide bonds. The first-order chi connectivity index (χ1) is 9.20. The fourth-order valence-corrected chi connectivity index (χ4v) is 2.98. The van der Waals surface area contributed by atoms with Crippen molar-refractivity contribution in [1.29, 1.82) is 0 Å². The molecule has 0 atom stereocenters. The highest BCUT2D eigenvalue weighted by atomic mass is 16.1. The zero-order valence-electron chi connectivity index (χ0n) is 11.1. The van der Waals surface area contributed by atoms with Crippen molar-refractivity contribution in [2.75, 3.05) is 13.1 Å². The molecule has 3 heteroatoms. The second kappa shape index (κ2) is 4.65. The number of allylic oxidation sites excluding steroid dienone is 2. The van der Waals surface area contributed by atoms with Crippen molar-refractivity contribution in [3.63, 3.8) is 0 Å². The van der Waals surface area contributed by atoms with Crippen molar-refractivity contribution >= 4 is 11.6 Å².